The molecule has 1 aromatic rings. The van der Waals surface area contributed by atoms with Gasteiger partial charge >= 0.3 is 0 Å². The number of amidine groups is 1. The largest absolute Gasteiger partial charge is 0.378 e. The third-order valence-electron chi connectivity index (χ3n) is 6.47. The van der Waals surface area contributed by atoms with Gasteiger partial charge in [-0.25, -0.2) is 13.1 Å². The molecular formula is C24H36N4O3S. The second-order valence-electron chi connectivity index (χ2n) is 8.79. The Kier molecular flexibility index (Phi) is 9.02. The van der Waals surface area contributed by atoms with Crippen molar-refractivity contribution in [3.8, 4) is 0 Å². The highest BCUT2D eigenvalue weighted by atomic mass is 32.2. The van der Waals surface area contributed by atoms with E-state index in [0.717, 1.165) is 38.1 Å². The van der Waals surface area contributed by atoms with Crippen molar-refractivity contribution in [1.29, 1.82) is 0 Å². The first kappa shape index (κ1) is 24.6. The quantitative estimate of drug-likeness (QED) is 0.477. The molecule has 1 aliphatic carbocycles. The van der Waals surface area contributed by atoms with E-state index in [-0.39, 0.29) is 18.1 Å². The molecule has 1 aliphatic heterocycles. The van der Waals surface area contributed by atoms with Gasteiger partial charge in [0, 0.05) is 38.3 Å². The number of ether oxygens (including phenoxy) is 1. The Morgan fingerprint density at radius 3 is 2.56 bits per heavy atom. The SMILES string of the molecule is C=N/C=C\C(=N/C)N1CCC(NS(C)(=O)=O)C(COC2CCC(c3ccccc3)CC2)C1. The molecule has 1 N–H and O–H groups in total. The Morgan fingerprint density at radius 2 is 1.94 bits per heavy atom. The van der Waals surface area contributed by atoms with Crippen molar-refractivity contribution in [1.82, 2.24) is 9.62 Å². The van der Waals surface area contributed by atoms with Gasteiger partial charge in [0.05, 0.1) is 19.0 Å². The Bertz CT molecular complexity index is 893. The van der Waals surface area contributed by atoms with Gasteiger partial charge in [0.15, 0.2) is 0 Å². The summed E-state index contributed by atoms with van der Waals surface area (Å²) in [4.78, 5) is 10.3. The van der Waals surface area contributed by atoms with Gasteiger partial charge in [-0.05, 0) is 56.4 Å². The molecular weight excluding hydrogens is 424 g/mol. The van der Waals surface area contributed by atoms with Crippen molar-refractivity contribution in [2.45, 2.75) is 50.2 Å². The fraction of sp³-hybridized carbons (Fsp3) is 0.583. The summed E-state index contributed by atoms with van der Waals surface area (Å²) in [6.45, 7) is 5.41. The number of hydrogen-bond donors (Lipinski definition) is 1. The van der Waals surface area contributed by atoms with Gasteiger partial charge in [0.25, 0.3) is 0 Å². The molecule has 2 atom stereocenters. The van der Waals surface area contributed by atoms with Crippen LogP contribution in [0.2, 0.25) is 0 Å². The van der Waals surface area contributed by atoms with Gasteiger partial charge < -0.3 is 9.64 Å². The molecule has 0 amide bonds. The summed E-state index contributed by atoms with van der Waals surface area (Å²) in [6, 6.07) is 10.6. The van der Waals surface area contributed by atoms with E-state index in [9.17, 15) is 8.42 Å². The maximum atomic E-state index is 11.9. The number of benzene rings is 1. The van der Waals surface area contributed by atoms with Gasteiger partial charge in [-0.15, -0.1) is 0 Å². The fourth-order valence-corrected chi connectivity index (χ4v) is 5.69. The number of nitrogens with one attached hydrogen (secondary N) is 1. The van der Waals surface area contributed by atoms with Crippen molar-refractivity contribution in [2.24, 2.45) is 15.9 Å². The lowest BCUT2D eigenvalue weighted by Crippen LogP contribution is -2.53. The minimum absolute atomic E-state index is 0.0483. The van der Waals surface area contributed by atoms with Gasteiger partial charge in [-0.1, -0.05) is 30.3 Å². The molecule has 176 valence electrons. The third kappa shape index (κ3) is 7.25. The average Bonchev–Trinajstić information content (AvgIpc) is 2.79. The van der Waals surface area contributed by atoms with E-state index in [1.165, 1.54) is 11.8 Å². The van der Waals surface area contributed by atoms with Crippen LogP contribution in [0.5, 0.6) is 0 Å². The van der Waals surface area contributed by atoms with Gasteiger partial charge in [-0.2, -0.15) is 0 Å². The molecule has 7 nitrogen and oxygen atoms in total. The molecule has 1 saturated carbocycles. The van der Waals surface area contributed by atoms with E-state index in [2.05, 4.69) is 56.7 Å². The highest BCUT2D eigenvalue weighted by Crippen LogP contribution is 2.34. The highest BCUT2D eigenvalue weighted by Gasteiger charge is 2.33. The van der Waals surface area contributed by atoms with E-state index < -0.39 is 10.0 Å². The number of nitrogens with zero attached hydrogens (tertiary/aromatic N) is 3. The lowest BCUT2D eigenvalue weighted by atomic mass is 9.82. The minimum Gasteiger partial charge on any atom is -0.378 e. The van der Waals surface area contributed by atoms with E-state index in [1.54, 1.807) is 13.2 Å². The van der Waals surface area contributed by atoms with E-state index in [4.69, 9.17) is 4.74 Å². The summed E-state index contributed by atoms with van der Waals surface area (Å²) in [5.41, 5.74) is 1.42. The van der Waals surface area contributed by atoms with Crippen molar-refractivity contribution < 1.29 is 13.2 Å². The van der Waals surface area contributed by atoms with E-state index in [0.29, 0.717) is 25.5 Å². The second kappa shape index (κ2) is 11.7. The van der Waals surface area contributed by atoms with Crippen LogP contribution in [0.3, 0.4) is 0 Å². The Hall–Kier alpha value is -2.03. The third-order valence-corrected chi connectivity index (χ3v) is 7.20. The molecule has 2 unspecified atom stereocenters. The van der Waals surface area contributed by atoms with Crippen molar-refractivity contribution >= 4 is 22.6 Å². The number of hydrogen-bond acceptors (Lipinski definition) is 5. The van der Waals surface area contributed by atoms with Crippen LogP contribution >= 0.6 is 0 Å². The predicted octanol–water partition coefficient (Wildman–Crippen LogP) is 3.21. The Balaban J connectivity index is 1.59. The monoisotopic (exact) mass is 460 g/mol. The van der Waals surface area contributed by atoms with Crippen LogP contribution < -0.4 is 4.72 Å². The molecule has 1 aromatic carbocycles. The lowest BCUT2D eigenvalue weighted by Gasteiger charge is -2.40. The number of sulfonamides is 1. The van der Waals surface area contributed by atoms with Gasteiger partial charge in [0.2, 0.25) is 10.0 Å². The smallest absolute Gasteiger partial charge is 0.208 e. The van der Waals surface area contributed by atoms with Gasteiger partial charge in [-0.3, -0.25) is 9.98 Å². The first-order chi connectivity index (χ1) is 15.4. The standard InChI is InChI=1S/C24H36N4O3S/c1-25-15-13-24(26-2)28-16-14-23(27-32(3,29)30)21(17-28)18-31-22-11-9-20(10-12-22)19-7-5-4-6-8-19/h4-8,13,15,20-23,27H,1,9-12,14,16-18H2,2-3H3/b15-13-,26-24+. The van der Waals surface area contributed by atoms with Crippen molar-refractivity contribution in [3.63, 3.8) is 0 Å². The van der Waals surface area contributed by atoms with Crippen LogP contribution in [0.25, 0.3) is 0 Å². The number of likely N-dealkylation sites (tertiary alicyclic amines) is 1. The van der Waals surface area contributed by atoms with Crippen LogP contribution in [0.4, 0.5) is 0 Å². The zero-order valence-corrected chi connectivity index (χ0v) is 20.0. The zero-order valence-electron chi connectivity index (χ0n) is 19.2. The summed E-state index contributed by atoms with van der Waals surface area (Å²) >= 11 is 0. The Morgan fingerprint density at radius 1 is 1.22 bits per heavy atom. The first-order valence-corrected chi connectivity index (χ1v) is 13.3. The summed E-state index contributed by atoms with van der Waals surface area (Å²) < 4.78 is 33.0. The second-order valence-corrected chi connectivity index (χ2v) is 10.6. The molecule has 1 saturated heterocycles. The van der Waals surface area contributed by atoms with Crippen molar-refractivity contribution in [2.75, 3.05) is 33.0 Å². The van der Waals surface area contributed by atoms with Crippen LogP contribution in [0, 0.1) is 5.92 Å². The topological polar surface area (TPSA) is 83.4 Å². The van der Waals surface area contributed by atoms with Crippen LogP contribution in [0.15, 0.2) is 52.6 Å². The molecule has 0 spiro atoms. The zero-order chi connectivity index (χ0) is 23.0. The molecule has 32 heavy (non-hydrogen) atoms. The first-order valence-electron chi connectivity index (χ1n) is 11.4. The summed E-state index contributed by atoms with van der Waals surface area (Å²) in [5, 5.41) is 0. The molecule has 0 radical (unpaired) electrons. The molecule has 2 fully saturated rings. The lowest BCUT2D eigenvalue weighted by molar-refractivity contribution is -0.0107. The van der Waals surface area contributed by atoms with E-state index in [1.807, 2.05) is 6.08 Å². The summed E-state index contributed by atoms with van der Waals surface area (Å²) in [6.07, 6.45) is 9.94. The predicted molar refractivity (Wildman–Crippen MR) is 131 cm³/mol. The molecule has 0 bridgehead atoms. The van der Waals surface area contributed by atoms with Crippen LogP contribution in [-0.4, -0.2) is 71.0 Å². The Labute approximate surface area is 192 Å². The molecule has 2 aliphatic rings. The van der Waals surface area contributed by atoms with E-state index >= 15 is 0 Å². The minimum atomic E-state index is -3.29. The number of aliphatic imine (C=N–C) groups is 2. The highest BCUT2D eigenvalue weighted by molar-refractivity contribution is 7.88. The summed E-state index contributed by atoms with van der Waals surface area (Å²) in [5.74, 6) is 1.48. The normalized spacial score (nSPS) is 27.6. The van der Waals surface area contributed by atoms with Gasteiger partial charge in [0.1, 0.15) is 5.84 Å². The number of rotatable bonds is 8. The van der Waals surface area contributed by atoms with Crippen LogP contribution in [0.1, 0.15) is 43.6 Å². The summed E-state index contributed by atoms with van der Waals surface area (Å²) in [7, 11) is -1.54. The fourth-order valence-electron chi connectivity index (χ4n) is 4.83. The molecule has 8 heteroatoms. The molecule has 0 aromatic heterocycles. The maximum absolute atomic E-state index is 11.9. The maximum Gasteiger partial charge on any atom is 0.208 e. The molecule has 1 heterocycles. The van der Waals surface area contributed by atoms with Crippen molar-refractivity contribution in [3.05, 3.63) is 48.2 Å². The average molecular weight is 461 g/mol. The van der Waals surface area contributed by atoms with Crippen LogP contribution in [-0.2, 0) is 14.8 Å². The number of piperidine rings is 1. The molecule has 3 rings (SSSR count).